The van der Waals surface area contributed by atoms with E-state index in [1.165, 1.54) is 4.90 Å². The minimum Gasteiger partial charge on any atom is -0.492 e. The van der Waals surface area contributed by atoms with Crippen molar-refractivity contribution in [2.75, 3.05) is 20.2 Å². The number of aryl methyl sites for hydroxylation is 1. The second-order valence-corrected chi connectivity index (χ2v) is 5.20. The Bertz CT molecular complexity index is 571. The average Bonchev–Trinajstić information content (AvgIpc) is 2.78. The molecule has 22 heavy (non-hydrogen) atoms. The first kappa shape index (κ1) is 15.8. The second-order valence-electron chi connectivity index (χ2n) is 5.20. The second kappa shape index (κ2) is 6.93. The van der Waals surface area contributed by atoms with Gasteiger partial charge in [0, 0.05) is 7.05 Å². The molecule has 0 spiro atoms. The summed E-state index contributed by atoms with van der Waals surface area (Å²) in [5, 5.41) is 4.49. The molecule has 1 heterocycles. The van der Waals surface area contributed by atoms with E-state index in [-0.39, 0.29) is 12.3 Å². The van der Waals surface area contributed by atoms with Gasteiger partial charge in [-0.05, 0) is 19.1 Å². The fourth-order valence-electron chi connectivity index (χ4n) is 1.99. The van der Waals surface area contributed by atoms with Gasteiger partial charge in [-0.25, -0.2) is 4.79 Å². The normalized spacial score (nSPS) is 16.9. The van der Waals surface area contributed by atoms with Crippen LogP contribution in [0.5, 0.6) is 5.75 Å². The molecule has 0 saturated carbocycles. The van der Waals surface area contributed by atoms with Crippen LogP contribution in [0.15, 0.2) is 24.3 Å². The molecule has 0 unspecified atom stereocenters. The minimum atomic E-state index is -0.791. The molecule has 0 aliphatic carbocycles. The number of ether oxygens (including phenoxy) is 1. The quantitative estimate of drug-likeness (QED) is 0.746. The predicted molar refractivity (Wildman–Crippen MR) is 79.4 cm³/mol. The van der Waals surface area contributed by atoms with Gasteiger partial charge in [0.1, 0.15) is 18.4 Å². The lowest BCUT2D eigenvalue weighted by atomic mass is 10.2. The zero-order valence-electron chi connectivity index (χ0n) is 12.6. The molecular weight excluding hydrogens is 286 g/mol. The van der Waals surface area contributed by atoms with E-state index in [1.807, 2.05) is 31.2 Å². The van der Waals surface area contributed by atoms with Gasteiger partial charge in [0.2, 0.25) is 5.91 Å². The number of nitrogens with one attached hydrogen (secondary N) is 2. The summed E-state index contributed by atoms with van der Waals surface area (Å²) in [6, 6.07) is 6.29. The van der Waals surface area contributed by atoms with E-state index in [9.17, 15) is 14.4 Å². The van der Waals surface area contributed by atoms with E-state index in [2.05, 4.69) is 10.6 Å². The van der Waals surface area contributed by atoms with Crippen LogP contribution < -0.4 is 15.4 Å². The summed E-state index contributed by atoms with van der Waals surface area (Å²) in [6.07, 6.45) is -0.0569. The maximum atomic E-state index is 12.0. The van der Waals surface area contributed by atoms with Crippen molar-refractivity contribution in [1.29, 1.82) is 0 Å². The molecule has 7 nitrogen and oxygen atoms in total. The van der Waals surface area contributed by atoms with Gasteiger partial charge in [0.15, 0.2) is 0 Å². The highest BCUT2D eigenvalue weighted by atomic mass is 16.5. The monoisotopic (exact) mass is 305 g/mol. The summed E-state index contributed by atoms with van der Waals surface area (Å²) >= 11 is 0. The van der Waals surface area contributed by atoms with Crippen molar-refractivity contribution in [3.63, 3.8) is 0 Å². The van der Waals surface area contributed by atoms with Gasteiger partial charge in [-0.15, -0.1) is 0 Å². The Morgan fingerprint density at radius 1 is 1.27 bits per heavy atom. The van der Waals surface area contributed by atoms with Crippen LogP contribution >= 0.6 is 0 Å². The Morgan fingerprint density at radius 3 is 2.55 bits per heavy atom. The molecule has 1 aliphatic rings. The molecule has 0 radical (unpaired) electrons. The van der Waals surface area contributed by atoms with E-state index in [1.54, 1.807) is 7.05 Å². The lowest BCUT2D eigenvalue weighted by Crippen LogP contribution is -2.38. The van der Waals surface area contributed by atoms with Crippen LogP contribution in [0.3, 0.4) is 0 Å². The van der Waals surface area contributed by atoms with Gasteiger partial charge in [-0.1, -0.05) is 17.7 Å². The number of urea groups is 1. The molecule has 4 amide bonds. The van der Waals surface area contributed by atoms with E-state index >= 15 is 0 Å². The van der Waals surface area contributed by atoms with Crippen molar-refractivity contribution in [2.24, 2.45) is 0 Å². The number of rotatable bonds is 6. The summed E-state index contributed by atoms with van der Waals surface area (Å²) < 4.78 is 5.55. The van der Waals surface area contributed by atoms with Crippen LogP contribution in [0.4, 0.5) is 4.79 Å². The van der Waals surface area contributed by atoms with Crippen LogP contribution in [0.25, 0.3) is 0 Å². The molecule has 1 aromatic carbocycles. The van der Waals surface area contributed by atoms with E-state index < -0.39 is 18.0 Å². The molecule has 1 atom stereocenters. The van der Waals surface area contributed by atoms with Crippen molar-refractivity contribution in [1.82, 2.24) is 15.5 Å². The molecule has 0 bridgehead atoms. The fraction of sp³-hybridized carbons (Fsp3) is 0.400. The Morgan fingerprint density at radius 2 is 1.95 bits per heavy atom. The van der Waals surface area contributed by atoms with E-state index in [4.69, 9.17) is 4.74 Å². The zero-order chi connectivity index (χ0) is 16.1. The summed E-state index contributed by atoms with van der Waals surface area (Å²) in [6.45, 7) is 2.75. The number of benzene rings is 1. The van der Waals surface area contributed by atoms with Crippen molar-refractivity contribution >= 4 is 17.8 Å². The highest BCUT2D eigenvalue weighted by molar-refractivity contribution is 6.05. The van der Waals surface area contributed by atoms with Crippen molar-refractivity contribution < 1.29 is 19.1 Å². The first-order valence-electron chi connectivity index (χ1n) is 7.00. The third-order valence-electron chi connectivity index (χ3n) is 3.38. The molecule has 2 rings (SSSR count). The lowest BCUT2D eigenvalue weighted by Gasteiger charge is -2.18. The fourth-order valence-corrected chi connectivity index (χ4v) is 1.99. The number of carbonyl (C=O) groups excluding carboxylic acids is 3. The highest BCUT2D eigenvalue weighted by Gasteiger charge is 2.31. The first-order valence-corrected chi connectivity index (χ1v) is 7.00. The van der Waals surface area contributed by atoms with Crippen LogP contribution in [-0.4, -0.2) is 49.0 Å². The van der Waals surface area contributed by atoms with Crippen LogP contribution in [-0.2, 0) is 9.59 Å². The lowest BCUT2D eigenvalue weighted by molar-refractivity contribution is -0.133. The Kier molecular flexibility index (Phi) is 4.98. The standard InChI is InChI=1S/C15H19N3O4/c1-10-3-5-11(6-4-10)22-8-7-18(2)13(19)9-12-14(20)17-15(21)16-12/h3-6,12H,7-9H2,1-2H3,(H2,16,17,20,21)/t12-/m0/s1. The van der Waals surface area contributed by atoms with Gasteiger partial charge in [0.05, 0.1) is 13.0 Å². The van der Waals surface area contributed by atoms with Gasteiger partial charge >= 0.3 is 6.03 Å². The number of hydrogen-bond donors (Lipinski definition) is 2. The third kappa shape index (κ3) is 4.21. The summed E-state index contributed by atoms with van der Waals surface area (Å²) in [4.78, 5) is 35.8. The Labute approximate surface area is 128 Å². The SMILES string of the molecule is Cc1ccc(OCCN(C)C(=O)C[C@@H]2NC(=O)NC2=O)cc1. The van der Waals surface area contributed by atoms with Crippen LogP contribution in [0, 0.1) is 6.92 Å². The topological polar surface area (TPSA) is 87.7 Å². The smallest absolute Gasteiger partial charge is 0.322 e. The first-order chi connectivity index (χ1) is 10.5. The van der Waals surface area contributed by atoms with Gasteiger partial charge in [-0.3, -0.25) is 14.9 Å². The molecule has 0 aromatic heterocycles. The maximum Gasteiger partial charge on any atom is 0.322 e. The zero-order valence-corrected chi connectivity index (χ0v) is 12.6. The number of nitrogens with zero attached hydrogens (tertiary/aromatic N) is 1. The van der Waals surface area contributed by atoms with Gasteiger partial charge in [-0.2, -0.15) is 0 Å². The van der Waals surface area contributed by atoms with Crippen molar-refractivity contribution in [3.05, 3.63) is 29.8 Å². The molecule has 1 fully saturated rings. The molecule has 7 heteroatoms. The molecule has 1 aromatic rings. The number of likely N-dealkylation sites (N-methyl/N-ethyl adjacent to an activating group) is 1. The summed E-state index contributed by atoms with van der Waals surface area (Å²) in [7, 11) is 1.63. The molecular formula is C15H19N3O4. The molecule has 1 saturated heterocycles. The summed E-state index contributed by atoms with van der Waals surface area (Å²) in [5.41, 5.74) is 1.15. The van der Waals surface area contributed by atoms with Crippen molar-refractivity contribution in [3.8, 4) is 5.75 Å². The van der Waals surface area contributed by atoms with Gasteiger partial charge < -0.3 is 15.0 Å². The molecule has 118 valence electrons. The van der Waals surface area contributed by atoms with Gasteiger partial charge in [0.25, 0.3) is 5.91 Å². The Balaban J connectivity index is 1.73. The minimum absolute atomic E-state index is 0.0569. The van der Waals surface area contributed by atoms with Crippen molar-refractivity contribution in [2.45, 2.75) is 19.4 Å². The largest absolute Gasteiger partial charge is 0.492 e. The predicted octanol–water partition coefficient (Wildman–Crippen LogP) is 0.430. The number of hydrogen-bond acceptors (Lipinski definition) is 4. The highest BCUT2D eigenvalue weighted by Crippen LogP contribution is 2.11. The Hall–Kier alpha value is -2.57. The number of imide groups is 1. The molecule has 1 aliphatic heterocycles. The number of amides is 4. The van der Waals surface area contributed by atoms with E-state index in [0.29, 0.717) is 13.2 Å². The van der Waals surface area contributed by atoms with Crippen LogP contribution in [0.1, 0.15) is 12.0 Å². The third-order valence-corrected chi connectivity index (χ3v) is 3.38. The van der Waals surface area contributed by atoms with Crippen LogP contribution in [0.2, 0.25) is 0 Å². The summed E-state index contributed by atoms with van der Waals surface area (Å²) in [5.74, 6) is 0.0476. The average molecular weight is 305 g/mol. The van der Waals surface area contributed by atoms with E-state index in [0.717, 1.165) is 11.3 Å². The molecule has 2 N–H and O–H groups in total. The maximum absolute atomic E-state index is 12.0. The number of carbonyl (C=O) groups is 3.